The minimum absolute atomic E-state index is 0.0626. The summed E-state index contributed by atoms with van der Waals surface area (Å²) in [6.45, 7) is -1.83. The van der Waals surface area contributed by atoms with Gasteiger partial charge in [0.25, 0.3) is 0 Å². The number of H-pyrrole nitrogens is 1. The van der Waals surface area contributed by atoms with Crippen LogP contribution in [0.5, 0.6) is 0 Å². The molecule has 0 aliphatic heterocycles. The van der Waals surface area contributed by atoms with E-state index < -0.39 is 25.2 Å². The average Bonchev–Trinajstić information content (AvgIpc) is 2.88. The first kappa shape index (κ1) is 16.9. The number of carbonyl (C=O) groups excluding carboxylic acids is 2. The second-order valence-corrected chi connectivity index (χ2v) is 5.18. The zero-order chi connectivity index (χ0) is 17.0. The largest absolute Gasteiger partial charge is 0.405 e. The molecule has 2 aromatic rings. The van der Waals surface area contributed by atoms with E-state index in [1.165, 1.54) is 7.05 Å². The first-order chi connectivity index (χ1) is 10.8. The predicted molar refractivity (Wildman–Crippen MR) is 78.7 cm³/mol. The van der Waals surface area contributed by atoms with Crippen LogP contribution in [0.1, 0.15) is 5.56 Å². The van der Waals surface area contributed by atoms with Crippen LogP contribution in [-0.2, 0) is 16.0 Å². The summed E-state index contributed by atoms with van der Waals surface area (Å²) < 4.78 is 36.0. The predicted octanol–water partition coefficient (Wildman–Crippen LogP) is 1.85. The molecule has 0 spiro atoms. The lowest BCUT2D eigenvalue weighted by Crippen LogP contribution is -2.42. The van der Waals surface area contributed by atoms with E-state index in [2.05, 4.69) is 4.98 Å². The lowest BCUT2D eigenvalue weighted by Gasteiger charge is -2.17. The number of likely N-dealkylation sites (N-methyl/N-ethyl adjacent to an activating group) is 1. The SMILES string of the molecule is CN(CC(=O)NCC(F)(F)F)C(=O)Cc1c[nH]c2ccccc12. The van der Waals surface area contributed by atoms with E-state index in [0.717, 1.165) is 21.4 Å². The zero-order valence-electron chi connectivity index (χ0n) is 12.4. The third kappa shape index (κ3) is 4.73. The van der Waals surface area contributed by atoms with Crippen LogP contribution in [-0.4, -0.2) is 48.0 Å². The molecule has 2 N–H and O–H groups in total. The van der Waals surface area contributed by atoms with Crippen molar-refractivity contribution in [3.8, 4) is 0 Å². The molecule has 0 fully saturated rings. The van der Waals surface area contributed by atoms with Crippen molar-refractivity contribution in [2.45, 2.75) is 12.6 Å². The fourth-order valence-corrected chi connectivity index (χ4v) is 2.13. The Balaban J connectivity index is 1.91. The van der Waals surface area contributed by atoms with E-state index in [9.17, 15) is 22.8 Å². The molecule has 124 valence electrons. The Morgan fingerprint density at radius 1 is 1.26 bits per heavy atom. The maximum Gasteiger partial charge on any atom is 0.405 e. The van der Waals surface area contributed by atoms with E-state index in [-0.39, 0.29) is 12.3 Å². The first-order valence-electron chi connectivity index (χ1n) is 6.88. The molecule has 0 saturated carbocycles. The van der Waals surface area contributed by atoms with Gasteiger partial charge in [-0.15, -0.1) is 0 Å². The first-order valence-corrected chi connectivity index (χ1v) is 6.88. The second kappa shape index (κ2) is 6.72. The van der Waals surface area contributed by atoms with Crippen LogP contribution in [0.15, 0.2) is 30.5 Å². The molecule has 2 amide bonds. The molecule has 0 aliphatic rings. The topological polar surface area (TPSA) is 65.2 Å². The number of nitrogens with zero attached hydrogens (tertiary/aromatic N) is 1. The molecular formula is C15H16F3N3O2. The van der Waals surface area contributed by atoms with Crippen LogP contribution in [0.3, 0.4) is 0 Å². The molecule has 0 saturated heterocycles. The van der Waals surface area contributed by atoms with Crippen molar-refractivity contribution in [3.05, 3.63) is 36.0 Å². The lowest BCUT2D eigenvalue weighted by atomic mass is 10.1. The highest BCUT2D eigenvalue weighted by atomic mass is 19.4. The Labute approximate surface area is 130 Å². The molecular weight excluding hydrogens is 311 g/mol. The highest BCUT2D eigenvalue weighted by Crippen LogP contribution is 2.18. The number of amides is 2. The van der Waals surface area contributed by atoms with E-state index >= 15 is 0 Å². The fraction of sp³-hybridized carbons (Fsp3) is 0.333. The van der Waals surface area contributed by atoms with Gasteiger partial charge in [0, 0.05) is 24.1 Å². The monoisotopic (exact) mass is 327 g/mol. The number of halogens is 3. The van der Waals surface area contributed by atoms with Gasteiger partial charge in [0.2, 0.25) is 11.8 Å². The highest BCUT2D eigenvalue weighted by molar-refractivity contribution is 5.90. The van der Waals surface area contributed by atoms with Crippen molar-refractivity contribution >= 4 is 22.7 Å². The Morgan fingerprint density at radius 3 is 2.65 bits per heavy atom. The Hall–Kier alpha value is -2.51. The minimum Gasteiger partial charge on any atom is -0.361 e. The molecule has 23 heavy (non-hydrogen) atoms. The van der Waals surface area contributed by atoms with E-state index in [0.29, 0.717) is 0 Å². The summed E-state index contributed by atoms with van der Waals surface area (Å²) in [7, 11) is 1.38. The molecule has 0 unspecified atom stereocenters. The van der Waals surface area contributed by atoms with Crippen LogP contribution < -0.4 is 5.32 Å². The van der Waals surface area contributed by atoms with Crippen LogP contribution in [0.2, 0.25) is 0 Å². The van der Waals surface area contributed by atoms with Crippen LogP contribution in [0.4, 0.5) is 13.2 Å². The third-order valence-electron chi connectivity index (χ3n) is 3.31. The minimum atomic E-state index is -4.47. The van der Waals surface area contributed by atoms with Gasteiger partial charge < -0.3 is 15.2 Å². The number of hydrogen-bond acceptors (Lipinski definition) is 2. The van der Waals surface area contributed by atoms with Gasteiger partial charge in [-0.3, -0.25) is 9.59 Å². The number of alkyl halides is 3. The molecule has 2 rings (SSSR count). The van der Waals surface area contributed by atoms with E-state index in [4.69, 9.17) is 0 Å². The van der Waals surface area contributed by atoms with Crippen LogP contribution in [0.25, 0.3) is 10.9 Å². The molecule has 0 bridgehead atoms. The van der Waals surface area contributed by atoms with Crippen molar-refractivity contribution in [2.75, 3.05) is 20.1 Å². The Kier molecular flexibility index (Phi) is 4.92. The molecule has 0 radical (unpaired) electrons. The van der Waals surface area contributed by atoms with Crippen LogP contribution >= 0.6 is 0 Å². The number of rotatable bonds is 5. The molecule has 0 aliphatic carbocycles. The third-order valence-corrected chi connectivity index (χ3v) is 3.31. The number of aromatic amines is 1. The van der Waals surface area contributed by atoms with E-state index in [1.54, 1.807) is 11.5 Å². The second-order valence-electron chi connectivity index (χ2n) is 5.18. The molecule has 5 nitrogen and oxygen atoms in total. The maximum atomic E-state index is 12.1. The summed E-state index contributed by atoms with van der Waals surface area (Å²) in [5.41, 5.74) is 1.66. The molecule has 0 atom stereocenters. The standard InChI is InChI=1S/C15H16F3N3O2/c1-21(8-13(22)20-9-15(16,17)18)14(23)6-10-7-19-12-5-3-2-4-11(10)12/h2-5,7,19H,6,8-9H2,1H3,(H,20,22). The average molecular weight is 327 g/mol. The normalized spacial score (nSPS) is 11.5. The van der Waals surface area contributed by atoms with E-state index in [1.807, 2.05) is 24.3 Å². The van der Waals surface area contributed by atoms with Crippen molar-refractivity contribution in [1.29, 1.82) is 0 Å². The van der Waals surface area contributed by atoms with Gasteiger partial charge in [-0.05, 0) is 11.6 Å². The smallest absolute Gasteiger partial charge is 0.361 e. The number of nitrogens with one attached hydrogen (secondary N) is 2. The van der Waals surface area contributed by atoms with Gasteiger partial charge in [-0.2, -0.15) is 13.2 Å². The van der Waals surface area contributed by atoms with Crippen molar-refractivity contribution < 1.29 is 22.8 Å². The maximum absolute atomic E-state index is 12.1. The van der Waals surface area contributed by atoms with Crippen molar-refractivity contribution in [3.63, 3.8) is 0 Å². The summed E-state index contributed by atoms with van der Waals surface area (Å²) in [5.74, 6) is -1.20. The van der Waals surface area contributed by atoms with Gasteiger partial charge in [0.1, 0.15) is 6.54 Å². The molecule has 1 aromatic heterocycles. The molecule has 8 heteroatoms. The number of aromatic nitrogens is 1. The summed E-state index contributed by atoms with van der Waals surface area (Å²) in [6, 6.07) is 7.45. The van der Waals surface area contributed by atoms with Gasteiger partial charge in [0.15, 0.2) is 0 Å². The van der Waals surface area contributed by atoms with Gasteiger partial charge in [0.05, 0.1) is 13.0 Å². The zero-order valence-corrected chi connectivity index (χ0v) is 12.4. The molecule has 1 aromatic carbocycles. The van der Waals surface area contributed by atoms with Crippen molar-refractivity contribution in [2.24, 2.45) is 0 Å². The summed E-state index contributed by atoms with van der Waals surface area (Å²) >= 11 is 0. The Bertz CT molecular complexity index is 709. The summed E-state index contributed by atoms with van der Waals surface area (Å²) in [4.78, 5) is 27.6. The van der Waals surface area contributed by atoms with Gasteiger partial charge in [-0.25, -0.2) is 0 Å². The quantitative estimate of drug-likeness (QED) is 0.880. The van der Waals surface area contributed by atoms with Gasteiger partial charge >= 0.3 is 6.18 Å². The lowest BCUT2D eigenvalue weighted by molar-refractivity contribution is -0.141. The number of carbonyl (C=O) groups is 2. The Morgan fingerprint density at radius 2 is 1.96 bits per heavy atom. The van der Waals surface area contributed by atoms with Crippen LogP contribution in [0, 0.1) is 0 Å². The van der Waals surface area contributed by atoms with Gasteiger partial charge in [-0.1, -0.05) is 18.2 Å². The number of hydrogen-bond donors (Lipinski definition) is 2. The summed E-state index contributed by atoms with van der Waals surface area (Å²) in [5, 5.41) is 2.63. The van der Waals surface area contributed by atoms with Crippen molar-refractivity contribution in [1.82, 2.24) is 15.2 Å². The number of benzene rings is 1. The fourth-order valence-electron chi connectivity index (χ4n) is 2.13. The molecule has 1 heterocycles. The number of fused-ring (bicyclic) bond motifs is 1. The summed E-state index contributed by atoms with van der Waals surface area (Å²) in [6.07, 6.45) is -2.70. The highest BCUT2D eigenvalue weighted by Gasteiger charge is 2.28. The number of para-hydroxylation sites is 1.